The molecule has 0 aliphatic heterocycles. The number of nitrogens with one attached hydrogen (secondary N) is 1. The second-order valence-corrected chi connectivity index (χ2v) is 6.30. The zero-order valence-corrected chi connectivity index (χ0v) is 14.8. The molecular weight excluding hydrogens is 314 g/mol. The molecule has 5 nitrogen and oxygen atoms in total. The van der Waals surface area contributed by atoms with Crippen molar-refractivity contribution < 1.29 is 9.47 Å². The third-order valence-corrected chi connectivity index (χ3v) is 4.27. The van der Waals surface area contributed by atoms with Crippen molar-refractivity contribution in [2.75, 3.05) is 19.0 Å². The van der Waals surface area contributed by atoms with Crippen LogP contribution >= 0.6 is 0 Å². The first-order chi connectivity index (χ1) is 12.1. The van der Waals surface area contributed by atoms with E-state index in [1.807, 2.05) is 31.2 Å². The molecule has 3 N–H and O–H groups in total. The third-order valence-electron chi connectivity index (χ3n) is 4.27. The van der Waals surface area contributed by atoms with Crippen molar-refractivity contribution in [3.8, 4) is 11.5 Å². The fraction of sp³-hybridized carbons (Fsp3) is 0.350. The predicted molar refractivity (Wildman–Crippen MR) is 102 cm³/mol. The third kappa shape index (κ3) is 4.66. The molecule has 0 amide bonds. The van der Waals surface area contributed by atoms with Gasteiger partial charge in [-0.05, 0) is 61.6 Å². The number of guanidine groups is 1. The van der Waals surface area contributed by atoms with Crippen molar-refractivity contribution >= 4 is 11.6 Å². The molecule has 132 valence electrons. The largest absolute Gasteiger partial charge is 0.497 e. The quantitative estimate of drug-likeness (QED) is 0.625. The lowest BCUT2D eigenvalue weighted by Gasteiger charge is -2.14. The minimum absolute atomic E-state index is 0.0903. The van der Waals surface area contributed by atoms with Crippen LogP contribution in [-0.4, -0.2) is 25.7 Å². The SMILES string of the molecule is COc1cccc(OC(C)CN=C(N)Nc2ccc3c(c2)CCC3)c1. The first-order valence-corrected chi connectivity index (χ1v) is 8.63. The fourth-order valence-corrected chi connectivity index (χ4v) is 3.01. The number of ether oxygens (including phenoxy) is 2. The predicted octanol–water partition coefficient (Wildman–Crippen LogP) is 3.38. The lowest BCUT2D eigenvalue weighted by molar-refractivity contribution is 0.229. The number of benzene rings is 2. The van der Waals surface area contributed by atoms with E-state index in [2.05, 4.69) is 28.5 Å². The van der Waals surface area contributed by atoms with E-state index in [4.69, 9.17) is 15.2 Å². The van der Waals surface area contributed by atoms with E-state index >= 15 is 0 Å². The highest BCUT2D eigenvalue weighted by molar-refractivity contribution is 5.92. The van der Waals surface area contributed by atoms with Crippen LogP contribution in [0.2, 0.25) is 0 Å². The first-order valence-electron chi connectivity index (χ1n) is 8.63. The number of aliphatic imine (C=N–C) groups is 1. The summed E-state index contributed by atoms with van der Waals surface area (Å²) in [5, 5.41) is 3.16. The van der Waals surface area contributed by atoms with E-state index in [0.717, 1.165) is 23.6 Å². The van der Waals surface area contributed by atoms with Gasteiger partial charge in [0.25, 0.3) is 0 Å². The smallest absolute Gasteiger partial charge is 0.193 e. The highest BCUT2D eigenvalue weighted by Crippen LogP contribution is 2.24. The van der Waals surface area contributed by atoms with Crippen LogP contribution in [0.4, 0.5) is 5.69 Å². The summed E-state index contributed by atoms with van der Waals surface area (Å²) in [6.07, 6.45) is 3.47. The van der Waals surface area contributed by atoms with Gasteiger partial charge in [0.2, 0.25) is 0 Å². The van der Waals surface area contributed by atoms with E-state index in [0.29, 0.717) is 12.5 Å². The molecule has 25 heavy (non-hydrogen) atoms. The summed E-state index contributed by atoms with van der Waals surface area (Å²) in [6.45, 7) is 2.44. The maximum absolute atomic E-state index is 6.00. The molecule has 0 saturated carbocycles. The zero-order chi connectivity index (χ0) is 17.6. The topological polar surface area (TPSA) is 68.9 Å². The molecule has 0 spiro atoms. The molecule has 0 heterocycles. The fourth-order valence-electron chi connectivity index (χ4n) is 3.01. The minimum Gasteiger partial charge on any atom is -0.497 e. The van der Waals surface area contributed by atoms with E-state index in [1.165, 1.54) is 24.0 Å². The van der Waals surface area contributed by atoms with E-state index in [9.17, 15) is 0 Å². The Morgan fingerprint density at radius 2 is 1.96 bits per heavy atom. The molecule has 5 heteroatoms. The molecule has 0 aromatic heterocycles. The summed E-state index contributed by atoms with van der Waals surface area (Å²) in [6, 6.07) is 13.9. The Labute approximate surface area is 148 Å². The molecule has 2 aromatic rings. The van der Waals surface area contributed by atoms with Crippen molar-refractivity contribution in [2.24, 2.45) is 10.7 Å². The van der Waals surface area contributed by atoms with Gasteiger partial charge in [0, 0.05) is 11.8 Å². The molecule has 3 rings (SSSR count). The molecular formula is C20H25N3O2. The number of methoxy groups -OCH3 is 1. The maximum Gasteiger partial charge on any atom is 0.193 e. The standard InChI is InChI=1S/C20H25N3O2/c1-14(25-19-8-4-7-18(12-19)24-2)13-22-20(21)23-17-10-9-15-5-3-6-16(15)11-17/h4,7-12,14H,3,5-6,13H2,1-2H3,(H3,21,22,23). The Morgan fingerprint density at radius 3 is 2.80 bits per heavy atom. The van der Waals surface area contributed by atoms with Gasteiger partial charge in [0.15, 0.2) is 5.96 Å². The summed E-state index contributed by atoms with van der Waals surface area (Å²) in [5.74, 6) is 1.93. The number of hydrogen-bond donors (Lipinski definition) is 2. The highest BCUT2D eigenvalue weighted by Gasteiger charge is 2.11. The average molecular weight is 339 g/mol. The van der Waals surface area contributed by atoms with Crippen molar-refractivity contribution in [3.05, 3.63) is 53.6 Å². The average Bonchev–Trinajstić information content (AvgIpc) is 3.08. The highest BCUT2D eigenvalue weighted by atomic mass is 16.5. The zero-order valence-electron chi connectivity index (χ0n) is 14.8. The van der Waals surface area contributed by atoms with Gasteiger partial charge in [-0.15, -0.1) is 0 Å². The van der Waals surface area contributed by atoms with E-state index in [1.54, 1.807) is 7.11 Å². The molecule has 2 aromatic carbocycles. The second-order valence-electron chi connectivity index (χ2n) is 6.30. The molecule has 1 unspecified atom stereocenters. The van der Waals surface area contributed by atoms with Crippen LogP contribution in [0.15, 0.2) is 47.5 Å². The normalized spacial score (nSPS) is 14.7. The minimum atomic E-state index is -0.0903. The lowest BCUT2D eigenvalue weighted by Crippen LogP contribution is -2.25. The molecule has 1 atom stereocenters. The van der Waals surface area contributed by atoms with Crippen LogP contribution in [0.3, 0.4) is 0 Å². The van der Waals surface area contributed by atoms with Crippen molar-refractivity contribution in [3.63, 3.8) is 0 Å². The summed E-state index contributed by atoms with van der Waals surface area (Å²) >= 11 is 0. The van der Waals surface area contributed by atoms with Crippen LogP contribution < -0.4 is 20.5 Å². The second kappa shape index (κ2) is 7.92. The van der Waals surface area contributed by atoms with Gasteiger partial charge in [0.05, 0.1) is 13.7 Å². The molecule has 0 bridgehead atoms. The van der Waals surface area contributed by atoms with Gasteiger partial charge in [-0.2, -0.15) is 0 Å². The van der Waals surface area contributed by atoms with Crippen LogP contribution in [0.5, 0.6) is 11.5 Å². The van der Waals surface area contributed by atoms with E-state index < -0.39 is 0 Å². The number of rotatable bonds is 6. The van der Waals surface area contributed by atoms with E-state index in [-0.39, 0.29) is 6.10 Å². The van der Waals surface area contributed by atoms with Crippen LogP contribution in [-0.2, 0) is 12.8 Å². The Bertz CT molecular complexity index is 758. The molecule has 0 saturated heterocycles. The summed E-state index contributed by atoms with van der Waals surface area (Å²) in [7, 11) is 1.64. The van der Waals surface area contributed by atoms with Gasteiger partial charge < -0.3 is 20.5 Å². The summed E-state index contributed by atoms with van der Waals surface area (Å²) < 4.78 is 11.0. The van der Waals surface area contributed by atoms with Crippen LogP contribution in [0.1, 0.15) is 24.5 Å². The number of anilines is 1. The van der Waals surface area contributed by atoms with Crippen LogP contribution in [0, 0.1) is 0 Å². The Hall–Kier alpha value is -2.69. The molecule has 1 aliphatic rings. The van der Waals surface area contributed by atoms with Crippen molar-refractivity contribution in [2.45, 2.75) is 32.3 Å². The lowest BCUT2D eigenvalue weighted by atomic mass is 10.1. The van der Waals surface area contributed by atoms with Gasteiger partial charge in [0.1, 0.15) is 17.6 Å². The Morgan fingerprint density at radius 1 is 1.16 bits per heavy atom. The summed E-state index contributed by atoms with van der Waals surface area (Å²) in [4.78, 5) is 4.38. The number of nitrogens with two attached hydrogens (primary N) is 1. The Balaban J connectivity index is 1.53. The number of nitrogens with zero attached hydrogens (tertiary/aromatic N) is 1. The first kappa shape index (κ1) is 17.1. The molecule has 1 aliphatic carbocycles. The number of fused-ring (bicyclic) bond motifs is 1. The van der Waals surface area contributed by atoms with Gasteiger partial charge in [-0.1, -0.05) is 12.1 Å². The van der Waals surface area contributed by atoms with Gasteiger partial charge in [-0.3, -0.25) is 0 Å². The van der Waals surface area contributed by atoms with Crippen LogP contribution in [0.25, 0.3) is 0 Å². The van der Waals surface area contributed by atoms with Gasteiger partial charge >= 0.3 is 0 Å². The number of hydrogen-bond acceptors (Lipinski definition) is 3. The molecule has 0 radical (unpaired) electrons. The Kier molecular flexibility index (Phi) is 5.43. The maximum atomic E-state index is 6.00. The van der Waals surface area contributed by atoms with Crippen molar-refractivity contribution in [1.82, 2.24) is 0 Å². The number of aryl methyl sites for hydroxylation is 2. The summed E-state index contributed by atoms with van der Waals surface area (Å²) in [5.41, 5.74) is 9.85. The monoisotopic (exact) mass is 339 g/mol. The van der Waals surface area contributed by atoms with Gasteiger partial charge in [-0.25, -0.2) is 4.99 Å². The van der Waals surface area contributed by atoms with Crippen molar-refractivity contribution in [1.29, 1.82) is 0 Å². The molecule has 0 fully saturated rings.